The maximum atomic E-state index is 12.5. The third kappa shape index (κ3) is 2.78. The number of hydrogen-bond acceptors (Lipinski definition) is 8. The van der Waals surface area contributed by atoms with Crippen LogP contribution in [-0.2, 0) is 9.53 Å². The van der Waals surface area contributed by atoms with Crippen molar-refractivity contribution in [2.75, 3.05) is 34.9 Å². The lowest BCUT2D eigenvalue weighted by molar-refractivity contribution is -0.150. The van der Waals surface area contributed by atoms with Crippen LogP contribution in [0.5, 0.6) is 34.5 Å². The van der Waals surface area contributed by atoms with E-state index in [4.69, 9.17) is 33.2 Å². The van der Waals surface area contributed by atoms with Crippen LogP contribution in [0.4, 0.5) is 0 Å². The van der Waals surface area contributed by atoms with E-state index in [1.54, 1.807) is 14.2 Å². The zero-order valence-electron chi connectivity index (χ0n) is 16.9. The van der Waals surface area contributed by atoms with E-state index in [1.165, 1.54) is 7.11 Å². The minimum absolute atomic E-state index is 0.0579. The van der Waals surface area contributed by atoms with Crippen molar-refractivity contribution >= 4 is 5.97 Å². The first kappa shape index (κ1) is 18.7. The highest BCUT2D eigenvalue weighted by Crippen LogP contribution is 2.58. The highest BCUT2D eigenvalue weighted by molar-refractivity contribution is 5.76. The van der Waals surface area contributed by atoms with Crippen molar-refractivity contribution in [2.24, 2.45) is 5.92 Å². The van der Waals surface area contributed by atoms with Crippen LogP contribution < -0.4 is 28.4 Å². The smallest absolute Gasteiger partial charge is 0.309 e. The Bertz CT molecular complexity index is 1000. The van der Waals surface area contributed by atoms with Crippen molar-refractivity contribution in [3.63, 3.8) is 0 Å². The predicted molar refractivity (Wildman–Crippen MR) is 104 cm³/mol. The van der Waals surface area contributed by atoms with Crippen LogP contribution in [-0.4, -0.2) is 40.9 Å². The van der Waals surface area contributed by atoms with Gasteiger partial charge in [0.2, 0.25) is 25.1 Å². The molecule has 0 saturated heterocycles. The van der Waals surface area contributed by atoms with Crippen molar-refractivity contribution in [3.05, 3.63) is 35.4 Å². The van der Waals surface area contributed by atoms with Crippen LogP contribution in [0.2, 0.25) is 0 Å². The number of benzene rings is 2. The molecular weight excluding hydrogens is 392 g/mol. The molecule has 2 aliphatic heterocycles. The molecule has 8 heteroatoms. The number of fused-ring (bicyclic) bond motifs is 2. The van der Waals surface area contributed by atoms with Gasteiger partial charge in [0.1, 0.15) is 0 Å². The van der Waals surface area contributed by atoms with Crippen molar-refractivity contribution < 1.29 is 38.0 Å². The van der Waals surface area contributed by atoms with Gasteiger partial charge in [-0.2, -0.15) is 0 Å². The van der Waals surface area contributed by atoms with Crippen LogP contribution in [0.15, 0.2) is 24.3 Å². The summed E-state index contributed by atoms with van der Waals surface area (Å²) in [5.74, 6) is 3.06. The number of esters is 1. The molecule has 0 aromatic heterocycles. The average Bonchev–Trinajstić information content (AvgIpc) is 3.40. The number of ether oxygens (including phenoxy) is 7. The maximum absolute atomic E-state index is 12.5. The summed E-state index contributed by atoms with van der Waals surface area (Å²) >= 11 is 0. The fraction of sp³-hybridized carbons (Fsp3) is 0.409. The summed E-state index contributed by atoms with van der Waals surface area (Å²) in [4.78, 5) is 12.5. The lowest BCUT2D eigenvalue weighted by Gasteiger charge is -2.44. The molecule has 0 bridgehead atoms. The third-order valence-corrected chi connectivity index (χ3v) is 6.05. The van der Waals surface area contributed by atoms with Crippen molar-refractivity contribution in [2.45, 2.75) is 18.3 Å². The van der Waals surface area contributed by atoms with Crippen LogP contribution in [0.3, 0.4) is 0 Å². The summed E-state index contributed by atoms with van der Waals surface area (Å²) in [6.45, 7) is 0.302. The molecule has 30 heavy (non-hydrogen) atoms. The summed E-state index contributed by atoms with van der Waals surface area (Å²) in [7, 11) is 4.59. The van der Waals surface area contributed by atoms with Crippen LogP contribution in [0.25, 0.3) is 0 Å². The van der Waals surface area contributed by atoms with Gasteiger partial charge in [0.15, 0.2) is 23.0 Å². The third-order valence-electron chi connectivity index (χ3n) is 6.05. The van der Waals surface area contributed by atoms with Crippen molar-refractivity contribution in [1.29, 1.82) is 0 Å². The minimum atomic E-state index is -0.276. The monoisotopic (exact) mass is 414 g/mol. The van der Waals surface area contributed by atoms with Gasteiger partial charge in [-0.3, -0.25) is 4.79 Å². The van der Waals surface area contributed by atoms with Crippen LogP contribution in [0.1, 0.15) is 29.4 Å². The molecule has 1 fully saturated rings. The Morgan fingerprint density at radius 2 is 1.40 bits per heavy atom. The number of carbonyl (C=O) groups excluding carboxylic acids is 1. The zero-order valence-corrected chi connectivity index (χ0v) is 16.9. The first-order valence-corrected chi connectivity index (χ1v) is 9.67. The first-order chi connectivity index (χ1) is 14.6. The fourth-order valence-electron chi connectivity index (χ4n) is 4.56. The Morgan fingerprint density at radius 1 is 0.833 bits per heavy atom. The number of methoxy groups -OCH3 is 3. The van der Waals surface area contributed by atoms with Gasteiger partial charge in [-0.1, -0.05) is 0 Å². The summed E-state index contributed by atoms with van der Waals surface area (Å²) in [5, 5.41) is 0. The van der Waals surface area contributed by atoms with Gasteiger partial charge < -0.3 is 33.2 Å². The van der Waals surface area contributed by atoms with Gasteiger partial charge in [-0.25, -0.2) is 0 Å². The quantitative estimate of drug-likeness (QED) is 0.690. The molecule has 1 aliphatic carbocycles. The van der Waals surface area contributed by atoms with Gasteiger partial charge in [-0.05, 0) is 47.7 Å². The molecule has 3 aliphatic rings. The normalized spacial score (nSPS) is 23.0. The molecule has 0 amide bonds. The molecule has 0 radical (unpaired) electrons. The van der Waals surface area contributed by atoms with Crippen molar-refractivity contribution in [3.8, 4) is 34.5 Å². The number of rotatable bonds is 5. The molecule has 2 aromatic rings. The van der Waals surface area contributed by atoms with E-state index in [0.717, 1.165) is 11.1 Å². The second kappa shape index (κ2) is 7.19. The molecule has 3 atom stereocenters. The molecule has 2 heterocycles. The Hall–Kier alpha value is -3.29. The van der Waals surface area contributed by atoms with E-state index in [9.17, 15) is 4.79 Å². The first-order valence-electron chi connectivity index (χ1n) is 9.67. The molecule has 158 valence electrons. The predicted octanol–water partition coefficient (Wildman–Crippen LogP) is 3.22. The van der Waals surface area contributed by atoms with E-state index in [1.807, 2.05) is 24.3 Å². The summed E-state index contributed by atoms with van der Waals surface area (Å²) in [6.07, 6.45) is 0.650. The van der Waals surface area contributed by atoms with E-state index >= 15 is 0 Å². The lowest BCUT2D eigenvalue weighted by atomic mass is 9.59. The SMILES string of the molecule is COC(=O)[C@@H]1C[C@H](c2cc(OC)c3c(c2)OCO3)[C@@H]1c1cc(OC)c2c(c1)OCO2. The molecule has 1 saturated carbocycles. The van der Waals surface area contributed by atoms with Crippen LogP contribution >= 0.6 is 0 Å². The minimum Gasteiger partial charge on any atom is -0.493 e. The summed E-state index contributed by atoms with van der Waals surface area (Å²) < 4.78 is 38.2. The average molecular weight is 414 g/mol. The zero-order chi connectivity index (χ0) is 20.8. The molecule has 5 rings (SSSR count). The fourth-order valence-corrected chi connectivity index (χ4v) is 4.56. The van der Waals surface area contributed by atoms with Gasteiger partial charge in [0.05, 0.1) is 27.2 Å². The maximum Gasteiger partial charge on any atom is 0.309 e. The lowest BCUT2D eigenvalue weighted by Crippen LogP contribution is -2.39. The van der Waals surface area contributed by atoms with Gasteiger partial charge in [-0.15, -0.1) is 0 Å². The highest BCUT2D eigenvalue weighted by Gasteiger charge is 2.48. The van der Waals surface area contributed by atoms with Crippen LogP contribution in [0, 0.1) is 5.92 Å². The Balaban J connectivity index is 1.57. The molecule has 0 spiro atoms. The molecule has 8 nitrogen and oxygen atoms in total. The number of carbonyl (C=O) groups is 1. The summed E-state index contributed by atoms with van der Waals surface area (Å²) in [5.41, 5.74) is 1.94. The molecular formula is C22H22O8. The van der Waals surface area contributed by atoms with E-state index in [-0.39, 0.29) is 37.3 Å². The van der Waals surface area contributed by atoms with Gasteiger partial charge in [0, 0.05) is 5.92 Å². The molecule has 2 aromatic carbocycles. The molecule has 0 N–H and O–H groups in total. The highest BCUT2D eigenvalue weighted by atomic mass is 16.7. The van der Waals surface area contributed by atoms with E-state index < -0.39 is 0 Å². The van der Waals surface area contributed by atoms with E-state index in [2.05, 4.69) is 0 Å². The molecule has 0 unspecified atom stereocenters. The van der Waals surface area contributed by atoms with Crippen molar-refractivity contribution in [1.82, 2.24) is 0 Å². The van der Waals surface area contributed by atoms with Gasteiger partial charge in [0.25, 0.3) is 0 Å². The Morgan fingerprint density at radius 3 is 1.97 bits per heavy atom. The Labute approximate surface area is 173 Å². The van der Waals surface area contributed by atoms with Gasteiger partial charge >= 0.3 is 5.97 Å². The summed E-state index contributed by atoms with van der Waals surface area (Å²) in [6, 6.07) is 7.73. The van der Waals surface area contributed by atoms with E-state index in [0.29, 0.717) is 40.9 Å². The number of hydrogen-bond donors (Lipinski definition) is 0. The standard InChI is InChI=1S/C22H22O8/c1-24-15-4-11(5-17-20(15)29-9-27-17)13-8-14(22(23)26-3)19(13)12-6-16(25-2)21-18(7-12)28-10-30-21/h4-7,13-14,19H,8-10H2,1-3H3/t13-,14-,19+/m1/s1. The largest absolute Gasteiger partial charge is 0.493 e. The second-order valence-electron chi connectivity index (χ2n) is 7.41. The second-order valence-corrected chi connectivity index (χ2v) is 7.41. The topological polar surface area (TPSA) is 81.7 Å². The Kier molecular flexibility index (Phi) is 4.49.